The maximum Gasteiger partial charge on any atom is 0.182 e. The predicted octanol–water partition coefficient (Wildman–Crippen LogP) is 13.0. The lowest BCUT2D eigenvalue weighted by Crippen LogP contribution is -1.93. The van der Waals surface area contributed by atoms with E-state index in [-0.39, 0.29) is 7.53 Å². The molecule has 3 heterocycles. The van der Waals surface area contributed by atoms with Gasteiger partial charge in [0, 0.05) is 33.1 Å². The molecule has 10 rings (SSSR count). The van der Waals surface area contributed by atoms with E-state index in [9.17, 15) is 0 Å². The molecule has 0 amide bonds. The van der Waals surface area contributed by atoms with Crippen LogP contribution in [-0.4, -0.2) is 14.6 Å². The first-order valence-electron chi connectivity index (χ1n) is 17.3. The van der Waals surface area contributed by atoms with Crippen LogP contribution in [0.5, 0.6) is 0 Å². The van der Waals surface area contributed by atoms with E-state index in [1.54, 1.807) is 0 Å². The lowest BCUT2D eigenvalue weighted by molar-refractivity contribution is 0.968. The van der Waals surface area contributed by atoms with Gasteiger partial charge in [-0.2, -0.15) is 0 Å². The SMILES string of the molecule is Cp1c2ccccc2c2ccc(-c3ccc(-c4ccc(-c5nc6c(-c7ccccc7)cc(-c7ccccc7)cn6n5)cc4)c4ccccc34)cc21. The Labute approximate surface area is 297 Å². The fourth-order valence-electron chi connectivity index (χ4n) is 7.66. The molecule has 0 fully saturated rings. The zero-order valence-electron chi connectivity index (χ0n) is 28.0. The summed E-state index contributed by atoms with van der Waals surface area (Å²) >= 11 is 0. The number of nitrogens with zero attached hydrogens (tertiary/aromatic N) is 3. The van der Waals surface area contributed by atoms with Crippen LogP contribution in [0.15, 0.2) is 176 Å². The average molecular weight is 670 g/mol. The Balaban J connectivity index is 1.04. The first-order chi connectivity index (χ1) is 25.2. The molecule has 240 valence electrons. The Morgan fingerprint density at radius 2 is 0.961 bits per heavy atom. The van der Waals surface area contributed by atoms with Crippen molar-refractivity contribution >= 4 is 45.0 Å². The molecular weight excluding hydrogens is 638 g/mol. The van der Waals surface area contributed by atoms with Crippen molar-refractivity contribution in [3.63, 3.8) is 0 Å². The van der Waals surface area contributed by atoms with Crippen molar-refractivity contribution in [3.05, 3.63) is 176 Å². The molecule has 0 aliphatic rings. The number of aryl methyl sites for hydroxylation is 1. The molecule has 0 radical (unpaired) electrons. The topological polar surface area (TPSA) is 30.2 Å². The molecule has 0 aliphatic heterocycles. The second kappa shape index (κ2) is 11.9. The van der Waals surface area contributed by atoms with Crippen molar-refractivity contribution in [2.75, 3.05) is 0 Å². The summed E-state index contributed by atoms with van der Waals surface area (Å²) in [5.74, 6) is 0.707. The standard InChI is InChI=1S/C47H32N3P/c1-51-44-19-11-10-18-41(44)42-25-24-35(29-45(42)51)38-27-26-37(39-16-8-9-17-40(38)39)33-20-22-34(23-21-33)46-48-47-43(32-14-6-3-7-15-32)28-36(30-50(47)49-46)31-12-4-2-5-13-31/h2-30H,1H3. The van der Waals surface area contributed by atoms with Crippen LogP contribution < -0.4 is 0 Å². The van der Waals surface area contributed by atoms with Gasteiger partial charge in [-0.25, -0.2) is 9.50 Å². The largest absolute Gasteiger partial charge is 0.219 e. The average Bonchev–Trinajstić information content (AvgIpc) is 3.76. The lowest BCUT2D eigenvalue weighted by Gasteiger charge is -2.13. The highest BCUT2D eigenvalue weighted by Crippen LogP contribution is 2.48. The molecule has 3 aromatic heterocycles. The number of fused-ring (bicyclic) bond motifs is 5. The van der Waals surface area contributed by atoms with Crippen LogP contribution in [0.4, 0.5) is 0 Å². The van der Waals surface area contributed by atoms with E-state index in [1.165, 1.54) is 54.0 Å². The molecule has 0 saturated heterocycles. The zero-order valence-corrected chi connectivity index (χ0v) is 28.9. The molecule has 3 nitrogen and oxygen atoms in total. The molecule has 1 atom stereocenters. The van der Waals surface area contributed by atoms with Crippen LogP contribution in [0.25, 0.3) is 93.3 Å². The Morgan fingerprint density at radius 3 is 1.69 bits per heavy atom. The van der Waals surface area contributed by atoms with E-state index in [1.807, 2.05) is 16.6 Å². The van der Waals surface area contributed by atoms with Gasteiger partial charge in [-0.05, 0) is 73.7 Å². The highest BCUT2D eigenvalue weighted by Gasteiger charge is 2.16. The van der Waals surface area contributed by atoms with Crippen molar-refractivity contribution < 1.29 is 0 Å². The lowest BCUT2D eigenvalue weighted by atomic mass is 9.91. The summed E-state index contributed by atoms with van der Waals surface area (Å²) in [6, 6.07) is 61.1. The number of pyridine rings is 1. The number of hydrogen-bond acceptors (Lipinski definition) is 2. The number of aromatic nitrogens is 3. The Bertz CT molecular complexity index is 2900. The summed E-state index contributed by atoms with van der Waals surface area (Å²) < 4.78 is 1.93. The number of rotatable bonds is 5. The molecule has 0 saturated carbocycles. The normalized spacial score (nSPS) is 12.0. The quantitative estimate of drug-likeness (QED) is 0.183. The van der Waals surface area contributed by atoms with Gasteiger partial charge in [0.2, 0.25) is 0 Å². The number of hydrogen-bond donors (Lipinski definition) is 0. The van der Waals surface area contributed by atoms with E-state index < -0.39 is 0 Å². The first-order valence-corrected chi connectivity index (χ1v) is 19.1. The fraction of sp³-hybridized carbons (Fsp3) is 0.0213. The molecule has 0 spiro atoms. The minimum Gasteiger partial charge on any atom is -0.219 e. The minimum absolute atomic E-state index is 0.357. The third kappa shape index (κ3) is 4.97. The predicted molar refractivity (Wildman–Crippen MR) is 216 cm³/mol. The van der Waals surface area contributed by atoms with Crippen LogP contribution in [0.1, 0.15) is 0 Å². The van der Waals surface area contributed by atoms with E-state index in [0.717, 1.165) is 33.5 Å². The van der Waals surface area contributed by atoms with E-state index >= 15 is 0 Å². The van der Waals surface area contributed by atoms with Gasteiger partial charge in [0.25, 0.3) is 0 Å². The fourth-order valence-corrected chi connectivity index (χ4v) is 9.67. The van der Waals surface area contributed by atoms with Gasteiger partial charge < -0.3 is 0 Å². The van der Waals surface area contributed by atoms with Crippen molar-refractivity contribution in [1.29, 1.82) is 0 Å². The van der Waals surface area contributed by atoms with Gasteiger partial charge in [0.05, 0.1) is 0 Å². The van der Waals surface area contributed by atoms with Crippen LogP contribution in [-0.2, 0) is 6.66 Å². The monoisotopic (exact) mass is 669 g/mol. The van der Waals surface area contributed by atoms with Crippen LogP contribution in [0, 0.1) is 0 Å². The third-order valence-corrected chi connectivity index (χ3v) is 12.4. The number of benzene rings is 7. The minimum atomic E-state index is -0.357. The molecule has 0 aliphatic carbocycles. The maximum absolute atomic E-state index is 5.09. The Morgan fingerprint density at radius 1 is 0.412 bits per heavy atom. The third-order valence-electron chi connectivity index (χ3n) is 10.2. The molecule has 51 heavy (non-hydrogen) atoms. The van der Waals surface area contributed by atoms with Crippen molar-refractivity contribution in [1.82, 2.24) is 14.6 Å². The molecule has 0 bridgehead atoms. The first kappa shape index (κ1) is 29.6. The molecule has 10 aromatic rings. The van der Waals surface area contributed by atoms with Gasteiger partial charge in [-0.3, -0.25) is 0 Å². The van der Waals surface area contributed by atoms with Crippen LogP contribution in [0.2, 0.25) is 0 Å². The second-order valence-electron chi connectivity index (χ2n) is 13.2. The van der Waals surface area contributed by atoms with Gasteiger partial charge in [-0.1, -0.05) is 158 Å². The summed E-state index contributed by atoms with van der Waals surface area (Å²) in [7, 11) is -0.357. The molecular formula is C47H32N3P. The summed E-state index contributed by atoms with van der Waals surface area (Å²) in [4.78, 5) is 5.09. The summed E-state index contributed by atoms with van der Waals surface area (Å²) in [5, 5.41) is 13.2. The highest BCUT2D eigenvalue weighted by molar-refractivity contribution is 7.59. The van der Waals surface area contributed by atoms with E-state index in [4.69, 9.17) is 10.1 Å². The van der Waals surface area contributed by atoms with Crippen molar-refractivity contribution in [3.8, 4) is 55.9 Å². The molecule has 4 heteroatoms. The van der Waals surface area contributed by atoms with Gasteiger partial charge in [-0.15, -0.1) is 12.6 Å². The van der Waals surface area contributed by atoms with Gasteiger partial charge in [0.15, 0.2) is 11.5 Å². The van der Waals surface area contributed by atoms with Crippen LogP contribution in [0.3, 0.4) is 0 Å². The van der Waals surface area contributed by atoms with Gasteiger partial charge in [0.1, 0.15) is 0 Å². The zero-order chi connectivity index (χ0) is 33.9. The van der Waals surface area contributed by atoms with Crippen LogP contribution >= 0.6 is 7.53 Å². The summed E-state index contributed by atoms with van der Waals surface area (Å²) in [5.41, 5.74) is 11.2. The second-order valence-corrected chi connectivity index (χ2v) is 15.3. The van der Waals surface area contributed by atoms with E-state index in [2.05, 4.69) is 171 Å². The summed E-state index contributed by atoms with van der Waals surface area (Å²) in [6.45, 7) is 2.39. The summed E-state index contributed by atoms with van der Waals surface area (Å²) in [6.07, 6.45) is 2.08. The molecule has 7 aromatic carbocycles. The molecule has 1 unspecified atom stereocenters. The van der Waals surface area contributed by atoms with E-state index in [0.29, 0.717) is 5.82 Å². The molecule has 0 N–H and O–H groups in total. The smallest absolute Gasteiger partial charge is 0.182 e. The van der Waals surface area contributed by atoms with Crippen molar-refractivity contribution in [2.24, 2.45) is 6.66 Å². The highest BCUT2D eigenvalue weighted by atomic mass is 31.1. The Kier molecular flexibility index (Phi) is 6.94. The Hall–Kier alpha value is -6.28. The maximum atomic E-state index is 5.09. The van der Waals surface area contributed by atoms with Crippen molar-refractivity contribution in [2.45, 2.75) is 0 Å². The van der Waals surface area contributed by atoms with Gasteiger partial charge >= 0.3 is 0 Å².